The van der Waals surface area contributed by atoms with Gasteiger partial charge in [-0.3, -0.25) is 10.1 Å². The zero-order chi connectivity index (χ0) is 18.8. The second-order valence-electron chi connectivity index (χ2n) is 6.86. The van der Waals surface area contributed by atoms with E-state index in [0.29, 0.717) is 16.9 Å². The first-order valence-electron chi connectivity index (χ1n) is 9.07. The van der Waals surface area contributed by atoms with Gasteiger partial charge in [-0.05, 0) is 57.0 Å². The number of rotatable bonds is 4. The smallest absolute Gasteiger partial charge is 0.279 e. The minimum atomic E-state index is -0.281. The van der Waals surface area contributed by atoms with Crippen molar-refractivity contribution in [1.29, 1.82) is 0 Å². The summed E-state index contributed by atoms with van der Waals surface area (Å²) in [5, 5.41) is 16.8. The van der Waals surface area contributed by atoms with Crippen molar-refractivity contribution >= 4 is 34.8 Å². The number of hydrogen-bond donors (Lipinski definition) is 2. The van der Waals surface area contributed by atoms with E-state index in [-0.39, 0.29) is 18.3 Å². The molecule has 1 fully saturated rings. The fourth-order valence-electron chi connectivity index (χ4n) is 3.16. The van der Waals surface area contributed by atoms with Crippen LogP contribution in [0.15, 0.2) is 29.8 Å². The predicted octanol–water partition coefficient (Wildman–Crippen LogP) is 3.62. The van der Waals surface area contributed by atoms with E-state index in [1.807, 2.05) is 11.4 Å². The first-order valence-corrected chi connectivity index (χ1v) is 9.95. The first kappa shape index (κ1) is 20.4. The van der Waals surface area contributed by atoms with Gasteiger partial charge in [-0.15, -0.1) is 28.8 Å². The Balaban J connectivity index is 0.00000225. The lowest BCUT2D eigenvalue weighted by Gasteiger charge is -2.21. The van der Waals surface area contributed by atoms with Gasteiger partial charge >= 0.3 is 0 Å². The second kappa shape index (κ2) is 8.81. The number of amides is 1. The lowest BCUT2D eigenvalue weighted by Crippen LogP contribution is -2.29. The third kappa shape index (κ3) is 4.40. The van der Waals surface area contributed by atoms with E-state index in [4.69, 9.17) is 0 Å². The summed E-state index contributed by atoms with van der Waals surface area (Å²) in [5.41, 5.74) is 4.69. The highest BCUT2D eigenvalue weighted by Gasteiger charge is 2.19. The predicted molar refractivity (Wildman–Crippen MR) is 113 cm³/mol. The molecule has 3 heterocycles. The number of aryl methyl sites for hydroxylation is 2. The third-order valence-corrected chi connectivity index (χ3v) is 5.71. The second-order valence-corrected chi connectivity index (χ2v) is 7.71. The molecule has 7 nitrogen and oxygen atoms in total. The van der Waals surface area contributed by atoms with Crippen molar-refractivity contribution in [3.8, 4) is 11.3 Å². The number of anilines is 1. The van der Waals surface area contributed by atoms with Crippen LogP contribution in [0, 0.1) is 13.8 Å². The quantitative estimate of drug-likeness (QED) is 0.676. The molecule has 0 aliphatic carbocycles. The van der Waals surface area contributed by atoms with Gasteiger partial charge in [0.25, 0.3) is 5.91 Å². The summed E-state index contributed by atoms with van der Waals surface area (Å²) in [7, 11) is 0. The molecular weight excluding hydrogens is 396 g/mol. The molecule has 0 spiro atoms. The van der Waals surface area contributed by atoms with Crippen molar-refractivity contribution < 1.29 is 4.79 Å². The van der Waals surface area contributed by atoms with Gasteiger partial charge in [0.15, 0.2) is 10.8 Å². The van der Waals surface area contributed by atoms with Crippen LogP contribution in [-0.2, 0) is 0 Å². The number of nitrogens with one attached hydrogen (secondary N) is 2. The molecule has 0 saturated carbocycles. The first-order chi connectivity index (χ1) is 13.1. The SMILES string of the molecule is Cc1ccc(-c2csc(NC(=O)c3cn(C4CCNCC4)nn3)n2)cc1C.Cl. The number of carbonyl (C=O) groups is 1. The summed E-state index contributed by atoms with van der Waals surface area (Å²) in [5.74, 6) is -0.281. The summed E-state index contributed by atoms with van der Waals surface area (Å²) in [4.78, 5) is 17.0. The van der Waals surface area contributed by atoms with Crippen LogP contribution in [0.2, 0.25) is 0 Å². The van der Waals surface area contributed by atoms with Gasteiger partial charge < -0.3 is 5.32 Å². The van der Waals surface area contributed by atoms with Crippen LogP contribution < -0.4 is 10.6 Å². The normalized spacial score (nSPS) is 14.5. The van der Waals surface area contributed by atoms with Crippen LogP contribution in [0.1, 0.15) is 40.5 Å². The number of hydrogen-bond acceptors (Lipinski definition) is 6. The molecular formula is C19H23ClN6OS. The Morgan fingerprint density at radius 3 is 2.79 bits per heavy atom. The van der Waals surface area contributed by atoms with Gasteiger partial charge in [-0.2, -0.15) is 0 Å². The fraction of sp³-hybridized carbons (Fsp3) is 0.368. The van der Waals surface area contributed by atoms with Crippen molar-refractivity contribution in [3.63, 3.8) is 0 Å². The van der Waals surface area contributed by atoms with E-state index in [9.17, 15) is 4.79 Å². The van der Waals surface area contributed by atoms with Crippen molar-refractivity contribution in [2.45, 2.75) is 32.7 Å². The molecule has 1 aliphatic rings. The Hall–Kier alpha value is -2.29. The average molecular weight is 419 g/mol. The van der Waals surface area contributed by atoms with Crippen LogP contribution in [-0.4, -0.2) is 39.0 Å². The largest absolute Gasteiger partial charge is 0.317 e. The monoisotopic (exact) mass is 418 g/mol. The maximum Gasteiger partial charge on any atom is 0.279 e. The van der Waals surface area contributed by atoms with Crippen molar-refractivity contribution in [1.82, 2.24) is 25.3 Å². The minimum Gasteiger partial charge on any atom is -0.317 e. The molecule has 0 radical (unpaired) electrons. The van der Waals surface area contributed by atoms with Gasteiger partial charge in [0.2, 0.25) is 0 Å². The number of aromatic nitrogens is 4. The van der Waals surface area contributed by atoms with Gasteiger partial charge in [-0.25, -0.2) is 9.67 Å². The Kier molecular flexibility index (Phi) is 6.43. The molecule has 1 aromatic carbocycles. The molecule has 1 saturated heterocycles. The zero-order valence-corrected chi connectivity index (χ0v) is 17.4. The van der Waals surface area contributed by atoms with Gasteiger partial charge in [0.05, 0.1) is 17.9 Å². The molecule has 0 atom stereocenters. The van der Waals surface area contributed by atoms with Crippen LogP contribution in [0.5, 0.6) is 0 Å². The molecule has 0 bridgehead atoms. The summed E-state index contributed by atoms with van der Waals surface area (Å²) in [6, 6.07) is 6.55. The summed E-state index contributed by atoms with van der Waals surface area (Å²) >= 11 is 1.41. The number of halogens is 1. The Morgan fingerprint density at radius 2 is 2.04 bits per heavy atom. The van der Waals surface area contributed by atoms with E-state index >= 15 is 0 Å². The topological polar surface area (TPSA) is 84.7 Å². The van der Waals surface area contributed by atoms with E-state index in [1.54, 1.807) is 10.9 Å². The van der Waals surface area contributed by atoms with Crippen molar-refractivity contribution in [2.75, 3.05) is 18.4 Å². The van der Waals surface area contributed by atoms with Crippen LogP contribution in [0.25, 0.3) is 11.3 Å². The molecule has 28 heavy (non-hydrogen) atoms. The standard InChI is InChI=1S/C19H22N6OS.ClH/c1-12-3-4-14(9-13(12)2)17-11-27-19(21-17)22-18(26)16-10-25(24-23-16)15-5-7-20-8-6-15;/h3-4,9-11,15,20H,5-8H2,1-2H3,(H,21,22,26);1H. The maximum absolute atomic E-state index is 12.5. The number of benzene rings is 1. The minimum absolute atomic E-state index is 0. The van der Waals surface area contributed by atoms with Gasteiger partial charge in [0, 0.05) is 10.9 Å². The van der Waals surface area contributed by atoms with E-state index in [0.717, 1.165) is 37.2 Å². The van der Waals surface area contributed by atoms with E-state index in [2.05, 4.69) is 51.9 Å². The van der Waals surface area contributed by atoms with Crippen molar-refractivity contribution in [2.24, 2.45) is 0 Å². The number of piperidine rings is 1. The molecule has 3 aromatic rings. The van der Waals surface area contributed by atoms with Crippen LogP contribution in [0.4, 0.5) is 5.13 Å². The molecule has 148 valence electrons. The number of nitrogens with zero attached hydrogens (tertiary/aromatic N) is 4. The molecule has 0 unspecified atom stereocenters. The summed E-state index contributed by atoms with van der Waals surface area (Å²) in [6.45, 7) is 6.10. The van der Waals surface area contributed by atoms with Crippen LogP contribution >= 0.6 is 23.7 Å². The molecule has 9 heteroatoms. The Labute approximate surface area is 174 Å². The van der Waals surface area contributed by atoms with Crippen molar-refractivity contribution in [3.05, 3.63) is 46.6 Å². The third-order valence-electron chi connectivity index (χ3n) is 4.95. The Bertz CT molecular complexity index is 963. The summed E-state index contributed by atoms with van der Waals surface area (Å²) in [6.07, 6.45) is 3.72. The van der Waals surface area contributed by atoms with Gasteiger partial charge in [-0.1, -0.05) is 17.3 Å². The number of carbonyl (C=O) groups excluding carboxylic acids is 1. The molecule has 2 N–H and O–H groups in total. The average Bonchev–Trinajstić information content (AvgIpc) is 3.34. The van der Waals surface area contributed by atoms with E-state index < -0.39 is 0 Å². The van der Waals surface area contributed by atoms with E-state index in [1.165, 1.54) is 22.5 Å². The Morgan fingerprint density at radius 1 is 1.25 bits per heavy atom. The lowest BCUT2D eigenvalue weighted by atomic mass is 10.1. The highest BCUT2D eigenvalue weighted by atomic mass is 35.5. The number of thiazole rings is 1. The maximum atomic E-state index is 12.5. The van der Waals surface area contributed by atoms with Crippen LogP contribution in [0.3, 0.4) is 0 Å². The molecule has 1 aliphatic heterocycles. The highest BCUT2D eigenvalue weighted by Crippen LogP contribution is 2.26. The fourth-order valence-corrected chi connectivity index (χ4v) is 3.87. The highest BCUT2D eigenvalue weighted by molar-refractivity contribution is 7.14. The summed E-state index contributed by atoms with van der Waals surface area (Å²) < 4.78 is 1.80. The molecule has 2 aromatic heterocycles. The molecule has 1 amide bonds. The zero-order valence-electron chi connectivity index (χ0n) is 15.8. The van der Waals surface area contributed by atoms with Gasteiger partial charge in [0.1, 0.15) is 0 Å². The lowest BCUT2D eigenvalue weighted by molar-refractivity contribution is 0.102. The molecule has 4 rings (SSSR count).